The van der Waals surface area contributed by atoms with E-state index >= 15 is 0 Å². The summed E-state index contributed by atoms with van der Waals surface area (Å²) in [6, 6.07) is 7.48. The minimum absolute atomic E-state index is 0.0612. The van der Waals surface area contributed by atoms with Gasteiger partial charge in [0.15, 0.2) is 0 Å². The molecule has 2 nitrogen and oxygen atoms in total. The van der Waals surface area contributed by atoms with Gasteiger partial charge in [-0.05, 0) is 48.4 Å². The van der Waals surface area contributed by atoms with Crippen molar-refractivity contribution < 1.29 is 0 Å². The van der Waals surface area contributed by atoms with E-state index in [0.717, 1.165) is 24.1 Å². The molecular formula is C15H15Cl3N2. The van der Waals surface area contributed by atoms with Crippen molar-refractivity contribution in [2.75, 3.05) is 6.54 Å². The number of benzene rings is 1. The largest absolute Gasteiger partial charge is 0.310 e. The maximum absolute atomic E-state index is 6.29. The SMILES string of the molecule is CCNC(Cc1ccncc1Cl)c1cc(Cl)ccc1Cl. The summed E-state index contributed by atoms with van der Waals surface area (Å²) in [7, 11) is 0. The van der Waals surface area contributed by atoms with Gasteiger partial charge in [-0.1, -0.05) is 41.7 Å². The normalized spacial score (nSPS) is 12.4. The average Bonchev–Trinajstić information content (AvgIpc) is 2.43. The van der Waals surface area contributed by atoms with Crippen LogP contribution in [0.4, 0.5) is 0 Å². The fourth-order valence-electron chi connectivity index (χ4n) is 2.11. The molecule has 0 spiro atoms. The molecule has 0 aliphatic carbocycles. The number of nitrogens with zero attached hydrogens (tertiary/aromatic N) is 1. The van der Waals surface area contributed by atoms with Gasteiger partial charge in [-0.25, -0.2) is 0 Å². The van der Waals surface area contributed by atoms with E-state index in [-0.39, 0.29) is 6.04 Å². The first-order valence-electron chi connectivity index (χ1n) is 6.38. The summed E-state index contributed by atoms with van der Waals surface area (Å²) in [4.78, 5) is 4.00. The third-order valence-electron chi connectivity index (χ3n) is 3.06. The van der Waals surface area contributed by atoms with Gasteiger partial charge in [0.2, 0.25) is 0 Å². The number of hydrogen-bond donors (Lipinski definition) is 1. The van der Waals surface area contributed by atoms with Crippen LogP contribution >= 0.6 is 34.8 Å². The molecular weight excluding hydrogens is 315 g/mol. The zero-order valence-electron chi connectivity index (χ0n) is 11.0. The second-order valence-electron chi connectivity index (χ2n) is 4.45. The van der Waals surface area contributed by atoms with Gasteiger partial charge in [0.25, 0.3) is 0 Å². The van der Waals surface area contributed by atoms with Gasteiger partial charge < -0.3 is 5.32 Å². The van der Waals surface area contributed by atoms with Crippen molar-refractivity contribution in [2.45, 2.75) is 19.4 Å². The lowest BCUT2D eigenvalue weighted by atomic mass is 9.99. The second kappa shape index (κ2) is 7.28. The van der Waals surface area contributed by atoms with Crippen LogP contribution in [-0.4, -0.2) is 11.5 Å². The van der Waals surface area contributed by atoms with Crippen molar-refractivity contribution in [3.8, 4) is 0 Å². The number of hydrogen-bond acceptors (Lipinski definition) is 2. The minimum atomic E-state index is 0.0612. The molecule has 0 radical (unpaired) electrons. The van der Waals surface area contributed by atoms with Gasteiger partial charge in [-0.3, -0.25) is 4.98 Å². The lowest BCUT2D eigenvalue weighted by molar-refractivity contribution is 0.550. The maximum atomic E-state index is 6.29. The van der Waals surface area contributed by atoms with E-state index in [0.29, 0.717) is 15.1 Å². The summed E-state index contributed by atoms with van der Waals surface area (Å²) < 4.78 is 0. The predicted molar refractivity (Wildman–Crippen MR) is 85.8 cm³/mol. The summed E-state index contributed by atoms with van der Waals surface area (Å²) in [5.41, 5.74) is 2.01. The number of pyridine rings is 1. The first kappa shape index (κ1) is 15.6. The second-order valence-corrected chi connectivity index (χ2v) is 5.70. The van der Waals surface area contributed by atoms with Crippen LogP contribution in [0.15, 0.2) is 36.7 Å². The van der Waals surface area contributed by atoms with E-state index < -0.39 is 0 Å². The quantitative estimate of drug-likeness (QED) is 0.841. The van der Waals surface area contributed by atoms with Crippen LogP contribution in [0, 0.1) is 0 Å². The predicted octanol–water partition coefficient (Wildman–Crippen LogP) is 4.94. The van der Waals surface area contributed by atoms with Crippen molar-refractivity contribution in [2.24, 2.45) is 0 Å². The Kier molecular flexibility index (Phi) is 5.67. The highest BCUT2D eigenvalue weighted by atomic mass is 35.5. The minimum Gasteiger partial charge on any atom is -0.310 e. The molecule has 0 bridgehead atoms. The van der Waals surface area contributed by atoms with Gasteiger partial charge in [-0.15, -0.1) is 0 Å². The Balaban J connectivity index is 2.32. The molecule has 106 valence electrons. The molecule has 0 amide bonds. The Morgan fingerprint density at radius 1 is 1.15 bits per heavy atom. The van der Waals surface area contributed by atoms with Gasteiger partial charge >= 0.3 is 0 Å². The van der Waals surface area contributed by atoms with Crippen molar-refractivity contribution in [1.82, 2.24) is 10.3 Å². The number of likely N-dealkylation sites (N-methyl/N-ethyl adjacent to an activating group) is 1. The highest BCUT2D eigenvalue weighted by Gasteiger charge is 2.16. The maximum Gasteiger partial charge on any atom is 0.0622 e. The van der Waals surface area contributed by atoms with Crippen LogP contribution in [0.1, 0.15) is 24.1 Å². The lowest BCUT2D eigenvalue weighted by Gasteiger charge is -2.20. The fourth-order valence-corrected chi connectivity index (χ4v) is 2.74. The Bertz CT molecular complexity index is 587. The smallest absolute Gasteiger partial charge is 0.0622 e. The van der Waals surface area contributed by atoms with Crippen LogP contribution in [0.25, 0.3) is 0 Å². The molecule has 20 heavy (non-hydrogen) atoms. The average molecular weight is 330 g/mol. The van der Waals surface area contributed by atoms with E-state index in [2.05, 4.69) is 17.2 Å². The van der Waals surface area contributed by atoms with E-state index in [1.807, 2.05) is 18.2 Å². The molecule has 2 aromatic rings. The number of rotatable bonds is 5. The molecule has 0 saturated carbocycles. The summed E-state index contributed by atoms with van der Waals surface area (Å²) in [5.74, 6) is 0. The molecule has 0 aliphatic rings. The Hall–Kier alpha value is -0.800. The monoisotopic (exact) mass is 328 g/mol. The van der Waals surface area contributed by atoms with Crippen LogP contribution < -0.4 is 5.32 Å². The molecule has 1 N–H and O–H groups in total. The van der Waals surface area contributed by atoms with Crippen LogP contribution in [-0.2, 0) is 6.42 Å². The summed E-state index contributed by atoms with van der Waals surface area (Å²) >= 11 is 18.5. The van der Waals surface area contributed by atoms with Crippen molar-refractivity contribution in [3.05, 3.63) is 62.9 Å². The summed E-state index contributed by atoms with van der Waals surface area (Å²) in [5, 5.41) is 5.45. The van der Waals surface area contributed by atoms with E-state index in [1.54, 1.807) is 18.5 Å². The highest BCUT2D eigenvalue weighted by Crippen LogP contribution is 2.30. The lowest BCUT2D eigenvalue weighted by Crippen LogP contribution is -2.23. The Labute approximate surface area is 134 Å². The molecule has 5 heteroatoms. The molecule has 0 aliphatic heterocycles. The van der Waals surface area contributed by atoms with Gasteiger partial charge in [0.05, 0.1) is 5.02 Å². The number of aromatic nitrogens is 1. The molecule has 1 unspecified atom stereocenters. The van der Waals surface area contributed by atoms with Crippen LogP contribution in [0.3, 0.4) is 0 Å². The van der Waals surface area contributed by atoms with Gasteiger partial charge in [0.1, 0.15) is 0 Å². The van der Waals surface area contributed by atoms with Gasteiger partial charge in [0, 0.05) is 28.5 Å². The van der Waals surface area contributed by atoms with Crippen LogP contribution in [0.5, 0.6) is 0 Å². The third-order valence-corrected chi connectivity index (χ3v) is 3.98. The molecule has 1 heterocycles. The molecule has 2 rings (SSSR count). The first-order chi connectivity index (χ1) is 9.61. The van der Waals surface area contributed by atoms with Crippen LogP contribution in [0.2, 0.25) is 15.1 Å². The van der Waals surface area contributed by atoms with Crippen molar-refractivity contribution in [1.29, 1.82) is 0 Å². The fraction of sp³-hybridized carbons (Fsp3) is 0.267. The van der Waals surface area contributed by atoms with E-state index in [1.165, 1.54) is 0 Å². The molecule has 1 aromatic heterocycles. The standard InChI is InChI=1S/C15H15Cl3N2/c1-2-20-15(7-10-5-6-19-9-14(10)18)12-8-11(16)3-4-13(12)17/h3-6,8-9,15,20H,2,7H2,1H3. The third kappa shape index (κ3) is 3.86. The molecule has 0 saturated heterocycles. The van der Waals surface area contributed by atoms with Crippen molar-refractivity contribution >= 4 is 34.8 Å². The first-order valence-corrected chi connectivity index (χ1v) is 7.52. The van der Waals surface area contributed by atoms with E-state index in [4.69, 9.17) is 34.8 Å². The zero-order chi connectivity index (χ0) is 14.5. The molecule has 1 atom stereocenters. The topological polar surface area (TPSA) is 24.9 Å². The summed E-state index contributed by atoms with van der Waals surface area (Å²) in [6.07, 6.45) is 4.12. The van der Waals surface area contributed by atoms with Crippen molar-refractivity contribution in [3.63, 3.8) is 0 Å². The number of halogens is 3. The molecule has 0 fully saturated rings. The van der Waals surface area contributed by atoms with Gasteiger partial charge in [-0.2, -0.15) is 0 Å². The summed E-state index contributed by atoms with van der Waals surface area (Å²) in [6.45, 7) is 2.88. The number of nitrogens with one attached hydrogen (secondary N) is 1. The van der Waals surface area contributed by atoms with E-state index in [9.17, 15) is 0 Å². The Morgan fingerprint density at radius 3 is 2.65 bits per heavy atom. The molecule has 1 aromatic carbocycles. The Morgan fingerprint density at radius 2 is 1.95 bits per heavy atom. The zero-order valence-corrected chi connectivity index (χ0v) is 13.3. The highest BCUT2D eigenvalue weighted by molar-refractivity contribution is 6.33.